The van der Waals surface area contributed by atoms with Crippen LogP contribution in [0.3, 0.4) is 0 Å². The second-order valence-electron chi connectivity index (χ2n) is 4.97. The molecule has 2 aromatic rings. The van der Waals surface area contributed by atoms with Gasteiger partial charge in [0.05, 0.1) is 6.04 Å². The maximum absolute atomic E-state index is 3.67. The predicted octanol–water partition coefficient (Wildman–Crippen LogP) is 5.45. The lowest BCUT2D eigenvalue weighted by Crippen LogP contribution is -2.24. The first-order valence-electron chi connectivity index (χ1n) is 6.86. The van der Waals surface area contributed by atoms with Gasteiger partial charge in [-0.15, -0.1) is 0 Å². The van der Waals surface area contributed by atoms with Gasteiger partial charge in [0.1, 0.15) is 0 Å². The Kier molecular flexibility index (Phi) is 6.05. The Morgan fingerprint density at radius 2 is 2.00 bits per heavy atom. The Morgan fingerprint density at radius 3 is 2.70 bits per heavy atom. The minimum atomic E-state index is 0.249. The van der Waals surface area contributed by atoms with Gasteiger partial charge < -0.3 is 5.32 Å². The lowest BCUT2D eigenvalue weighted by Gasteiger charge is -2.21. The van der Waals surface area contributed by atoms with Gasteiger partial charge in [-0.3, -0.25) is 0 Å². The lowest BCUT2D eigenvalue weighted by atomic mass is 9.97. The SMILES string of the molecule is CCCNC(c1cccc(C)c1)c1cc(Br)ccc1I. The fourth-order valence-electron chi connectivity index (χ4n) is 2.28. The zero-order chi connectivity index (χ0) is 14.5. The highest BCUT2D eigenvalue weighted by Crippen LogP contribution is 2.29. The molecule has 2 rings (SSSR count). The predicted molar refractivity (Wildman–Crippen MR) is 98.2 cm³/mol. The summed E-state index contributed by atoms with van der Waals surface area (Å²) in [5.74, 6) is 0. The molecule has 0 heterocycles. The minimum absolute atomic E-state index is 0.249. The number of aryl methyl sites for hydroxylation is 1. The smallest absolute Gasteiger partial charge is 0.0587 e. The van der Waals surface area contributed by atoms with Crippen LogP contribution in [-0.4, -0.2) is 6.54 Å². The fourth-order valence-corrected chi connectivity index (χ4v) is 3.31. The van der Waals surface area contributed by atoms with Crippen LogP contribution in [0, 0.1) is 10.5 Å². The van der Waals surface area contributed by atoms with Gasteiger partial charge in [0.15, 0.2) is 0 Å². The zero-order valence-electron chi connectivity index (χ0n) is 11.8. The van der Waals surface area contributed by atoms with Gasteiger partial charge in [-0.25, -0.2) is 0 Å². The van der Waals surface area contributed by atoms with E-state index in [4.69, 9.17) is 0 Å². The molecule has 0 spiro atoms. The third-order valence-electron chi connectivity index (χ3n) is 3.24. The molecule has 1 N–H and O–H groups in total. The minimum Gasteiger partial charge on any atom is -0.306 e. The van der Waals surface area contributed by atoms with E-state index in [2.05, 4.69) is 100 Å². The molecule has 0 saturated heterocycles. The van der Waals surface area contributed by atoms with Crippen LogP contribution in [0.2, 0.25) is 0 Å². The van der Waals surface area contributed by atoms with Crippen LogP contribution >= 0.6 is 38.5 Å². The number of nitrogens with one attached hydrogen (secondary N) is 1. The molecule has 0 bridgehead atoms. The summed E-state index contributed by atoms with van der Waals surface area (Å²) in [6, 6.07) is 15.5. The molecule has 0 aromatic heterocycles. The Hall–Kier alpha value is -0.390. The molecule has 0 aliphatic carbocycles. The first kappa shape index (κ1) is 16.0. The Bertz CT molecular complexity index is 583. The van der Waals surface area contributed by atoms with Gasteiger partial charge in [0.25, 0.3) is 0 Å². The van der Waals surface area contributed by atoms with E-state index < -0.39 is 0 Å². The van der Waals surface area contributed by atoms with Crippen LogP contribution < -0.4 is 5.32 Å². The van der Waals surface area contributed by atoms with Gasteiger partial charge in [0, 0.05) is 8.04 Å². The monoisotopic (exact) mass is 443 g/mol. The van der Waals surface area contributed by atoms with Gasteiger partial charge in [-0.1, -0.05) is 52.7 Å². The lowest BCUT2D eigenvalue weighted by molar-refractivity contribution is 0.596. The molecule has 106 valence electrons. The molecule has 20 heavy (non-hydrogen) atoms. The van der Waals surface area contributed by atoms with E-state index in [1.807, 2.05) is 0 Å². The second-order valence-corrected chi connectivity index (χ2v) is 7.04. The summed E-state index contributed by atoms with van der Waals surface area (Å²) in [6.45, 7) is 5.36. The van der Waals surface area contributed by atoms with E-state index in [1.54, 1.807) is 0 Å². The van der Waals surface area contributed by atoms with Crippen LogP contribution in [0.4, 0.5) is 0 Å². The van der Waals surface area contributed by atoms with Crippen molar-refractivity contribution in [1.82, 2.24) is 5.32 Å². The van der Waals surface area contributed by atoms with Crippen molar-refractivity contribution < 1.29 is 0 Å². The van der Waals surface area contributed by atoms with Crippen LogP contribution in [0.15, 0.2) is 46.9 Å². The van der Waals surface area contributed by atoms with Crippen molar-refractivity contribution >= 4 is 38.5 Å². The summed E-state index contributed by atoms with van der Waals surface area (Å²) >= 11 is 6.01. The molecular formula is C17H19BrIN. The summed E-state index contributed by atoms with van der Waals surface area (Å²) < 4.78 is 2.42. The Labute approximate surface area is 143 Å². The topological polar surface area (TPSA) is 12.0 Å². The van der Waals surface area contributed by atoms with Gasteiger partial charge in [0.2, 0.25) is 0 Å². The summed E-state index contributed by atoms with van der Waals surface area (Å²) in [5, 5.41) is 3.67. The average Bonchev–Trinajstić information content (AvgIpc) is 2.43. The Morgan fingerprint density at radius 1 is 1.20 bits per heavy atom. The summed E-state index contributed by atoms with van der Waals surface area (Å²) in [6.07, 6.45) is 1.13. The third kappa shape index (κ3) is 4.06. The van der Waals surface area contributed by atoms with Crippen molar-refractivity contribution in [2.45, 2.75) is 26.3 Å². The molecule has 0 amide bonds. The first-order valence-corrected chi connectivity index (χ1v) is 8.74. The maximum Gasteiger partial charge on any atom is 0.0587 e. The highest BCUT2D eigenvalue weighted by atomic mass is 127. The quantitative estimate of drug-likeness (QED) is 0.605. The van der Waals surface area contributed by atoms with Crippen molar-refractivity contribution in [3.8, 4) is 0 Å². The molecule has 3 heteroatoms. The summed E-state index contributed by atoms with van der Waals surface area (Å²) in [5.41, 5.74) is 3.96. The van der Waals surface area contributed by atoms with Crippen molar-refractivity contribution in [3.05, 3.63) is 67.2 Å². The van der Waals surface area contributed by atoms with Crippen molar-refractivity contribution in [3.63, 3.8) is 0 Å². The molecule has 2 aromatic carbocycles. The molecule has 0 aliphatic rings. The normalized spacial score (nSPS) is 12.4. The van der Waals surface area contributed by atoms with Crippen molar-refractivity contribution in [2.75, 3.05) is 6.54 Å². The highest BCUT2D eigenvalue weighted by Gasteiger charge is 2.16. The van der Waals surface area contributed by atoms with Gasteiger partial charge in [-0.2, -0.15) is 0 Å². The molecular weight excluding hydrogens is 425 g/mol. The number of benzene rings is 2. The van der Waals surface area contributed by atoms with Crippen molar-refractivity contribution in [1.29, 1.82) is 0 Å². The fraction of sp³-hybridized carbons (Fsp3) is 0.294. The number of hydrogen-bond donors (Lipinski definition) is 1. The van der Waals surface area contributed by atoms with Crippen LogP contribution in [0.5, 0.6) is 0 Å². The highest BCUT2D eigenvalue weighted by molar-refractivity contribution is 14.1. The third-order valence-corrected chi connectivity index (χ3v) is 4.72. The standard InChI is InChI=1S/C17H19BrIN/c1-3-9-20-17(13-6-4-5-12(2)10-13)15-11-14(18)7-8-16(15)19/h4-8,10-11,17,20H,3,9H2,1-2H3. The first-order chi connectivity index (χ1) is 9.61. The van der Waals surface area contributed by atoms with E-state index in [0.29, 0.717) is 0 Å². The van der Waals surface area contributed by atoms with Crippen LogP contribution in [0.25, 0.3) is 0 Å². The Balaban J connectivity index is 2.44. The molecule has 0 fully saturated rings. The zero-order valence-corrected chi connectivity index (χ0v) is 15.5. The number of rotatable bonds is 5. The van der Waals surface area contributed by atoms with Crippen LogP contribution in [-0.2, 0) is 0 Å². The molecule has 0 aliphatic heterocycles. The van der Waals surface area contributed by atoms with E-state index in [0.717, 1.165) is 17.4 Å². The number of hydrogen-bond acceptors (Lipinski definition) is 1. The molecule has 1 nitrogen and oxygen atoms in total. The van der Waals surface area contributed by atoms with E-state index in [9.17, 15) is 0 Å². The molecule has 0 radical (unpaired) electrons. The second kappa shape index (κ2) is 7.57. The summed E-state index contributed by atoms with van der Waals surface area (Å²) in [7, 11) is 0. The van der Waals surface area contributed by atoms with E-state index in [1.165, 1.54) is 20.3 Å². The van der Waals surface area contributed by atoms with Crippen molar-refractivity contribution in [2.24, 2.45) is 0 Å². The van der Waals surface area contributed by atoms with Gasteiger partial charge >= 0.3 is 0 Å². The van der Waals surface area contributed by atoms with Crippen LogP contribution in [0.1, 0.15) is 36.1 Å². The number of halogens is 2. The maximum atomic E-state index is 3.67. The summed E-state index contributed by atoms with van der Waals surface area (Å²) in [4.78, 5) is 0. The molecule has 1 atom stereocenters. The van der Waals surface area contributed by atoms with Gasteiger partial charge in [-0.05, 0) is 71.8 Å². The van der Waals surface area contributed by atoms with E-state index in [-0.39, 0.29) is 6.04 Å². The average molecular weight is 444 g/mol. The largest absolute Gasteiger partial charge is 0.306 e. The molecule has 0 saturated carbocycles. The molecule has 1 unspecified atom stereocenters. The van der Waals surface area contributed by atoms with E-state index >= 15 is 0 Å².